The molecule has 1 saturated heterocycles. The second-order valence-corrected chi connectivity index (χ2v) is 9.56. The Hall–Kier alpha value is -4.40. The van der Waals surface area contributed by atoms with Gasteiger partial charge in [0.15, 0.2) is 23.0 Å². The molecule has 0 bridgehead atoms. The van der Waals surface area contributed by atoms with Crippen LogP contribution in [0.15, 0.2) is 64.8 Å². The molecule has 2 aromatic carbocycles. The van der Waals surface area contributed by atoms with Crippen LogP contribution >= 0.6 is 0 Å². The Labute approximate surface area is 232 Å². The lowest BCUT2D eigenvalue weighted by atomic mass is 9.94. The van der Waals surface area contributed by atoms with E-state index in [9.17, 15) is 14.7 Å². The summed E-state index contributed by atoms with van der Waals surface area (Å²) in [6.07, 6.45) is 4.57. The molecule has 0 spiro atoms. The summed E-state index contributed by atoms with van der Waals surface area (Å²) >= 11 is 0. The number of furan rings is 1. The molecule has 2 aliphatic rings. The average Bonchev–Trinajstić information content (AvgIpc) is 3.58. The fourth-order valence-electron chi connectivity index (χ4n) is 4.92. The number of benzene rings is 2. The van der Waals surface area contributed by atoms with Crippen molar-refractivity contribution in [1.29, 1.82) is 0 Å². The van der Waals surface area contributed by atoms with E-state index in [0.29, 0.717) is 66.3 Å². The number of hydrogen-bond acceptors (Lipinski definition) is 8. The Kier molecular flexibility index (Phi) is 8.28. The van der Waals surface area contributed by atoms with Crippen molar-refractivity contribution in [1.82, 2.24) is 4.90 Å². The molecule has 0 radical (unpaired) electrons. The number of unbranched alkanes of at least 4 members (excludes halogenated alkanes) is 2. The van der Waals surface area contributed by atoms with E-state index in [1.807, 2.05) is 6.92 Å². The normalized spacial score (nSPS) is 17.8. The van der Waals surface area contributed by atoms with Crippen LogP contribution in [0.3, 0.4) is 0 Å². The van der Waals surface area contributed by atoms with Gasteiger partial charge in [0, 0.05) is 5.56 Å². The minimum Gasteiger partial charge on any atom is -0.507 e. The predicted molar refractivity (Wildman–Crippen MR) is 147 cm³/mol. The van der Waals surface area contributed by atoms with E-state index in [1.54, 1.807) is 48.5 Å². The summed E-state index contributed by atoms with van der Waals surface area (Å²) in [4.78, 5) is 28.2. The van der Waals surface area contributed by atoms with E-state index in [1.165, 1.54) is 11.2 Å². The van der Waals surface area contributed by atoms with E-state index in [0.717, 1.165) is 19.3 Å². The highest BCUT2D eigenvalue weighted by Gasteiger charge is 2.46. The van der Waals surface area contributed by atoms with Gasteiger partial charge in [-0.15, -0.1) is 0 Å². The van der Waals surface area contributed by atoms with E-state index >= 15 is 0 Å². The smallest absolute Gasteiger partial charge is 0.296 e. The van der Waals surface area contributed by atoms with Gasteiger partial charge in [-0.05, 0) is 61.4 Å². The third kappa shape index (κ3) is 5.50. The number of ether oxygens (including phenoxy) is 4. The van der Waals surface area contributed by atoms with Crippen molar-refractivity contribution in [3.05, 3.63) is 77.3 Å². The zero-order valence-electron chi connectivity index (χ0n) is 22.7. The van der Waals surface area contributed by atoms with Gasteiger partial charge in [-0.2, -0.15) is 0 Å². The molecule has 1 unspecified atom stereocenters. The topological polar surface area (TPSA) is 108 Å². The van der Waals surface area contributed by atoms with E-state index < -0.39 is 17.7 Å². The van der Waals surface area contributed by atoms with E-state index in [-0.39, 0.29) is 17.9 Å². The van der Waals surface area contributed by atoms with Gasteiger partial charge in [0.25, 0.3) is 11.7 Å². The number of amides is 1. The van der Waals surface area contributed by atoms with E-state index in [2.05, 4.69) is 6.92 Å². The van der Waals surface area contributed by atoms with Gasteiger partial charge in [0.05, 0.1) is 37.6 Å². The fourth-order valence-corrected chi connectivity index (χ4v) is 4.92. The number of ketones is 1. The summed E-state index contributed by atoms with van der Waals surface area (Å²) in [6, 6.07) is 12.8. The number of nitrogens with zero attached hydrogens (tertiary/aromatic N) is 1. The first-order chi connectivity index (χ1) is 19.5. The summed E-state index contributed by atoms with van der Waals surface area (Å²) < 4.78 is 28.6. The molecule has 1 atom stereocenters. The molecule has 1 aromatic heterocycles. The highest BCUT2D eigenvalue weighted by atomic mass is 16.6. The zero-order valence-corrected chi connectivity index (χ0v) is 22.7. The molecule has 5 rings (SSSR count). The van der Waals surface area contributed by atoms with Gasteiger partial charge >= 0.3 is 0 Å². The molecule has 1 N–H and O–H groups in total. The molecule has 9 heteroatoms. The number of carbonyl (C=O) groups is 2. The Morgan fingerprint density at radius 1 is 0.975 bits per heavy atom. The maximum Gasteiger partial charge on any atom is 0.296 e. The molecule has 1 fully saturated rings. The zero-order chi connectivity index (χ0) is 28.1. The van der Waals surface area contributed by atoms with Crippen molar-refractivity contribution in [2.24, 2.45) is 0 Å². The van der Waals surface area contributed by atoms with Crippen LogP contribution in [0.5, 0.6) is 23.0 Å². The Morgan fingerprint density at radius 3 is 2.55 bits per heavy atom. The summed E-state index contributed by atoms with van der Waals surface area (Å²) in [6.45, 7) is 5.80. The largest absolute Gasteiger partial charge is 0.507 e. The molecule has 2 aliphatic heterocycles. The van der Waals surface area contributed by atoms with Crippen molar-refractivity contribution in [2.45, 2.75) is 45.7 Å². The Bertz CT molecular complexity index is 1390. The minimum atomic E-state index is -0.897. The second kappa shape index (κ2) is 12.2. The lowest BCUT2D eigenvalue weighted by Gasteiger charge is -2.25. The molecule has 3 heterocycles. The number of Topliss-reactive ketones (excluding diaryl/α,β-unsaturated/α-hetero) is 1. The summed E-state index contributed by atoms with van der Waals surface area (Å²) in [5, 5.41) is 11.5. The quantitative estimate of drug-likeness (QED) is 0.142. The third-order valence-electron chi connectivity index (χ3n) is 6.85. The van der Waals surface area contributed by atoms with Gasteiger partial charge in [-0.1, -0.05) is 25.8 Å². The van der Waals surface area contributed by atoms with Crippen molar-refractivity contribution >= 4 is 17.4 Å². The fraction of sp³-hybridized carbons (Fsp3) is 0.355. The highest BCUT2D eigenvalue weighted by molar-refractivity contribution is 6.46. The number of fused-ring (bicyclic) bond motifs is 1. The first kappa shape index (κ1) is 27.2. The Balaban J connectivity index is 1.58. The molecule has 3 aromatic rings. The predicted octanol–water partition coefficient (Wildman–Crippen LogP) is 5.64. The van der Waals surface area contributed by atoms with E-state index in [4.69, 9.17) is 23.4 Å². The lowest BCUT2D eigenvalue weighted by Crippen LogP contribution is -2.29. The number of aliphatic hydroxyl groups is 1. The van der Waals surface area contributed by atoms with Crippen LogP contribution in [0.4, 0.5) is 0 Å². The number of carbonyl (C=O) groups excluding carboxylic acids is 2. The molecule has 0 aliphatic carbocycles. The molecule has 0 saturated carbocycles. The first-order valence-electron chi connectivity index (χ1n) is 13.6. The molecule has 9 nitrogen and oxygen atoms in total. The summed E-state index contributed by atoms with van der Waals surface area (Å²) in [5.41, 5.74) is 0.896. The van der Waals surface area contributed by atoms with Crippen molar-refractivity contribution < 1.29 is 38.1 Å². The summed E-state index contributed by atoms with van der Waals surface area (Å²) in [5.74, 6) is 0.761. The average molecular weight is 548 g/mol. The highest BCUT2D eigenvalue weighted by Crippen LogP contribution is 2.43. The molecule has 40 heavy (non-hydrogen) atoms. The molecule has 210 valence electrons. The van der Waals surface area contributed by atoms with Gasteiger partial charge in [0.2, 0.25) is 0 Å². The van der Waals surface area contributed by atoms with Gasteiger partial charge in [-0.3, -0.25) is 9.59 Å². The van der Waals surface area contributed by atoms with Crippen molar-refractivity contribution in [2.75, 3.05) is 26.4 Å². The Morgan fingerprint density at radius 2 is 1.80 bits per heavy atom. The number of likely N-dealkylation sites (tertiary alicyclic amines) is 1. The van der Waals surface area contributed by atoms with Gasteiger partial charge < -0.3 is 33.4 Å². The van der Waals surface area contributed by atoms with Crippen LogP contribution < -0.4 is 18.9 Å². The number of aliphatic hydroxyl groups excluding tert-OH is 1. The molecular weight excluding hydrogens is 514 g/mol. The maximum absolute atomic E-state index is 13.5. The van der Waals surface area contributed by atoms with Crippen LogP contribution in [0.25, 0.3) is 5.76 Å². The molecule has 1 amide bonds. The van der Waals surface area contributed by atoms with Crippen LogP contribution in [0.1, 0.15) is 56.0 Å². The minimum absolute atomic E-state index is 0.0349. The first-order valence-corrected chi connectivity index (χ1v) is 13.6. The third-order valence-corrected chi connectivity index (χ3v) is 6.85. The van der Waals surface area contributed by atoms with Gasteiger partial charge in [0.1, 0.15) is 24.7 Å². The number of rotatable bonds is 11. The SMILES string of the molecule is CCCCCOc1ccc(C2/C(=C(\O)c3ccc4c(c3)OCCO4)C(=O)C(=O)N2Cc2ccco2)cc1OCC. The van der Waals surface area contributed by atoms with Crippen LogP contribution in [-0.4, -0.2) is 48.1 Å². The van der Waals surface area contributed by atoms with Crippen LogP contribution in [0.2, 0.25) is 0 Å². The van der Waals surface area contributed by atoms with Crippen molar-refractivity contribution in [3.8, 4) is 23.0 Å². The molecular formula is C31H33NO8. The van der Waals surface area contributed by atoms with Crippen LogP contribution in [0, 0.1) is 0 Å². The van der Waals surface area contributed by atoms with Crippen molar-refractivity contribution in [3.63, 3.8) is 0 Å². The second-order valence-electron chi connectivity index (χ2n) is 9.56. The standard InChI is InChI=1S/C31H33NO8/c1-3-5-6-13-38-23-11-9-20(17-25(23)36-4-2)28-27(30(34)31(35)32(28)19-22-8-7-14-37-22)29(33)21-10-12-24-26(18-21)40-16-15-39-24/h7-12,14,17-18,28,33H,3-6,13,15-16,19H2,1-2H3/b29-27+. The van der Waals surface area contributed by atoms with Crippen LogP contribution in [-0.2, 0) is 16.1 Å². The maximum atomic E-state index is 13.5. The number of hydrogen-bond donors (Lipinski definition) is 1. The van der Waals surface area contributed by atoms with Gasteiger partial charge in [-0.25, -0.2) is 0 Å². The lowest BCUT2D eigenvalue weighted by molar-refractivity contribution is -0.140. The summed E-state index contributed by atoms with van der Waals surface area (Å²) in [7, 11) is 0. The monoisotopic (exact) mass is 547 g/mol.